The Balaban J connectivity index is 1.79. The Kier molecular flexibility index (Phi) is 5.98. The Morgan fingerprint density at radius 1 is 1.48 bits per heavy atom. The molecule has 1 aliphatic rings. The minimum absolute atomic E-state index is 0.305. The second-order valence-corrected chi connectivity index (χ2v) is 5.02. The van der Waals surface area contributed by atoms with Gasteiger partial charge in [0.25, 0.3) is 5.91 Å². The summed E-state index contributed by atoms with van der Waals surface area (Å²) in [6.45, 7) is 6.23. The number of hydrogen-bond acceptors (Lipinski definition) is 5. The molecule has 1 fully saturated rings. The number of carbonyl (C=O) groups is 1. The number of hydrazine groups is 1. The van der Waals surface area contributed by atoms with Crippen LogP contribution in [0.15, 0.2) is 24.3 Å². The van der Waals surface area contributed by atoms with Gasteiger partial charge in [-0.05, 0) is 30.7 Å². The number of nitrogen functional groups attached to an aromatic ring is 1. The fraction of sp³-hybridized carbons (Fsp3) is 0.533. The third kappa shape index (κ3) is 4.42. The highest BCUT2D eigenvalue weighted by molar-refractivity contribution is 5.93. The normalized spacial score (nSPS) is 19.2. The molecule has 6 nitrogen and oxygen atoms in total. The first-order valence-corrected chi connectivity index (χ1v) is 7.30. The van der Waals surface area contributed by atoms with E-state index in [1.807, 2.05) is 0 Å². The van der Waals surface area contributed by atoms with Crippen molar-refractivity contribution in [3.63, 3.8) is 0 Å². The first kappa shape index (κ1) is 15.8. The maximum Gasteiger partial charge on any atom is 0.265 e. The number of nitrogens with two attached hydrogens (primary N) is 1. The smallest absolute Gasteiger partial charge is 0.265 e. The second kappa shape index (κ2) is 7.97. The van der Waals surface area contributed by atoms with E-state index < -0.39 is 0 Å². The summed E-state index contributed by atoms with van der Waals surface area (Å²) in [5, 5.41) is 0. The van der Waals surface area contributed by atoms with Crippen LogP contribution in [-0.4, -0.2) is 49.8 Å². The van der Waals surface area contributed by atoms with E-state index in [1.54, 1.807) is 24.3 Å². The minimum Gasteiger partial charge on any atom is -0.492 e. The van der Waals surface area contributed by atoms with Crippen molar-refractivity contribution in [3.8, 4) is 5.75 Å². The summed E-state index contributed by atoms with van der Waals surface area (Å²) in [5.74, 6) is 5.53. The van der Waals surface area contributed by atoms with Crippen molar-refractivity contribution in [2.45, 2.75) is 19.4 Å². The van der Waals surface area contributed by atoms with Gasteiger partial charge in [0, 0.05) is 24.7 Å². The summed E-state index contributed by atoms with van der Waals surface area (Å²) < 4.78 is 11.2. The topological polar surface area (TPSA) is 76.8 Å². The highest BCUT2D eigenvalue weighted by Gasteiger charge is 2.20. The van der Waals surface area contributed by atoms with Crippen LogP contribution in [-0.2, 0) is 4.74 Å². The molecule has 0 spiro atoms. The monoisotopic (exact) mass is 293 g/mol. The fourth-order valence-electron chi connectivity index (χ4n) is 2.43. The lowest BCUT2D eigenvalue weighted by Gasteiger charge is -2.34. The molecule has 1 amide bonds. The SMILES string of the molecule is CCC1COCCN1CCOc1ccc(C(=O)NN)cc1. The number of rotatable bonds is 6. The van der Waals surface area contributed by atoms with Gasteiger partial charge in [0.15, 0.2) is 0 Å². The number of morpholine rings is 1. The summed E-state index contributed by atoms with van der Waals surface area (Å²) >= 11 is 0. The van der Waals surface area contributed by atoms with Crippen molar-refractivity contribution in [1.82, 2.24) is 10.3 Å². The summed E-state index contributed by atoms with van der Waals surface area (Å²) in [6, 6.07) is 7.43. The van der Waals surface area contributed by atoms with Gasteiger partial charge in [-0.25, -0.2) is 5.84 Å². The Hall–Kier alpha value is -1.63. The molecule has 1 atom stereocenters. The minimum atomic E-state index is -0.305. The number of carbonyl (C=O) groups excluding carboxylic acids is 1. The van der Waals surface area contributed by atoms with E-state index in [0.29, 0.717) is 18.2 Å². The molecule has 0 aliphatic carbocycles. The van der Waals surface area contributed by atoms with Crippen molar-refractivity contribution >= 4 is 5.91 Å². The van der Waals surface area contributed by atoms with Gasteiger partial charge in [-0.3, -0.25) is 15.1 Å². The second-order valence-electron chi connectivity index (χ2n) is 5.02. The van der Waals surface area contributed by atoms with E-state index in [-0.39, 0.29) is 5.91 Å². The average molecular weight is 293 g/mol. The quantitative estimate of drug-likeness (QED) is 0.460. The van der Waals surface area contributed by atoms with Gasteiger partial charge < -0.3 is 9.47 Å². The van der Waals surface area contributed by atoms with Gasteiger partial charge in [-0.15, -0.1) is 0 Å². The highest BCUT2D eigenvalue weighted by Crippen LogP contribution is 2.13. The van der Waals surface area contributed by atoms with Crippen LogP contribution in [0.3, 0.4) is 0 Å². The molecule has 1 aromatic carbocycles. The van der Waals surface area contributed by atoms with Gasteiger partial charge >= 0.3 is 0 Å². The Morgan fingerprint density at radius 3 is 2.90 bits per heavy atom. The van der Waals surface area contributed by atoms with E-state index in [0.717, 1.165) is 38.5 Å². The average Bonchev–Trinajstić information content (AvgIpc) is 2.55. The maximum atomic E-state index is 11.3. The molecule has 0 saturated carbocycles. The standard InChI is InChI=1S/C15H23N3O3/c1-2-13-11-20-9-7-18(13)8-10-21-14-5-3-12(4-6-14)15(19)17-16/h3-6,13H,2,7-11,16H2,1H3,(H,17,19). The molecule has 1 unspecified atom stereocenters. The van der Waals surface area contributed by atoms with Crippen LogP contribution >= 0.6 is 0 Å². The summed E-state index contributed by atoms with van der Waals surface area (Å²) in [5.41, 5.74) is 2.62. The molecule has 1 saturated heterocycles. The number of benzene rings is 1. The van der Waals surface area contributed by atoms with E-state index in [4.69, 9.17) is 15.3 Å². The predicted molar refractivity (Wildman–Crippen MR) is 80.1 cm³/mol. The number of nitrogens with one attached hydrogen (secondary N) is 1. The van der Waals surface area contributed by atoms with Crippen LogP contribution in [0.5, 0.6) is 5.75 Å². The zero-order valence-electron chi connectivity index (χ0n) is 12.4. The highest BCUT2D eigenvalue weighted by atomic mass is 16.5. The molecule has 116 valence electrons. The first-order valence-electron chi connectivity index (χ1n) is 7.30. The molecule has 0 aromatic heterocycles. The molecule has 1 aliphatic heterocycles. The van der Waals surface area contributed by atoms with Gasteiger partial charge in [0.2, 0.25) is 0 Å². The molecule has 1 aromatic rings. The maximum absolute atomic E-state index is 11.3. The van der Waals surface area contributed by atoms with Gasteiger partial charge in [-0.2, -0.15) is 0 Å². The van der Waals surface area contributed by atoms with Crippen molar-refractivity contribution in [2.75, 3.05) is 32.9 Å². The van der Waals surface area contributed by atoms with Crippen LogP contribution in [0.25, 0.3) is 0 Å². The Morgan fingerprint density at radius 2 is 2.24 bits per heavy atom. The lowest BCUT2D eigenvalue weighted by atomic mass is 10.2. The zero-order valence-corrected chi connectivity index (χ0v) is 12.4. The summed E-state index contributed by atoms with van der Waals surface area (Å²) in [6.07, 6.45) is 1.09. The molecule has 3 N–H and O–H groups in total. The van der Waals surface area contributed by atoms with Crippen LogP contribution in [0.4, 0.5) is 0 Å². The largest absolute Gasteiger partial charge is 0.492 e. The van der Waals surface area contributed by atoms with Crippen LogP contribution in [0, 0.1) is 0 Å². The number of nitrogens with zero attached hydrogens (tertiary/aromatic N) is 1. The van der Waals surface area contributed by atoms with Crippen molar-refractivity contribution in [1.29, 1.82) is 0 Å². The van der Waals surface area contributed by atoms with Crippen molar-refractivity contribution < 1.29 is 14.3 Å². The van der Waals surface area contributed by atoms with Gasteiger partial charge in [-0.1, -0.05) is 6.92 Å². The molecule has 0 radical (unpaired) electrons. The van der Waals surface area contributed by atoms with E-state index in [1.165, 1.54) is 0 Å². The number of hydrogen-bond donors (Lipinski definition) is 2. The predicted octanol–water partition coefficient (Wildman–Crippen LogP) is 0.780. The Bertz CT molecular complexity index is 450. The van der Waals surface area contributed by atoms with E-state index in [9.17, 15) is 4.79 Å². The molecular weight excluding hydrogens is 270 g/mol. The molecule has 21 heavy (non-hydrogen) atoms. The van der Waals surface area contributed by atoms with E-state index in [2.05, 4.69) is 17.2 Å². The first-order chi connectivity index (χ1) is 10.2. The summed E-state index contributed by atoms with van der Waals surface area (Å²) in [4.78, 5) is 13.7. The van der Waals surface area contributed by atoms with Crippen LogP contribution in [0.2, 0.25) is 0 Å². The third-order valence-corrected chi connectivity index (χ3v) is 3.72. The summed E-state index contributed by atoms with van der Waals surface area (Å²) in [7, 11) is 0. The fourth-order valence-corrected chi connectivity index (χ4v) is 2.43. The molecule has 6 heteroatoms. The van der Waals surface area contributed by atoms with Gasteiger partial charge in [0.05, 0.1) is 13.2 Å². The molecular formula is C15H23N3O3. The number of amides is 1. The Labute approximate surface area is 125 Å². The number of ether oxygens (including phenoxy) is 2. The molecule has 1 heterocycles. The van der Waals surface area contributed by atoms with Crippen LogP contribution in [0.1, 0.15) is 23.7 Å². The van der Waals surface area contributed by atoms with Crippen molar-refractivity contribution in [2.24, 2.45) is 5.84 Å². The van der Waals surface area contributed by atoms with Gasteiger partial charge in [0.1, 0.15) is 12.4 Å². The van der Waals surface area contributed by atoms with E-state index >= 15 is 0 Å². The zero-order chi connectivity index (χ0) is 15.1. The lowest BCUT2D eigenvalue weighted by molar-refractivity contribution is -0.0132. The molecule has 2 rings (SSSR count). The lowest BCUT2D eigenvalue weighted by Crippen LogP contribution is -2.46. The van der Waals surface area contributed by atoms with Crippen molar-refractivity contribution in [3.05, 3.63) is 29.8 Å². The van der Waals surface area contributed by atoms with Crippen LogP contribution < -0.4 is 16.0 Å². The molecule has 0 bridgehead atoms. The third-order valence-electron chi connectivity index (χ3n) is 3.72.